The van der Waals surface area contributed by atoms with Crippen LogP contribution < -0.4 is 14.3 Å². The molecule has 0 saturated carbocycles. The molecule has 0 unspecified atom stereocenters. The van der Waals surface area contributed by atoms with Crippen molar-refractivity contribution in [2.75, 3.05) is 14.2 Å². The monoisotopic (exact) mass is 396 g/mol. The Balaban J connectivity index is 1.95. The number of hydrogen-bond acceptors (Lipinski definition) is 4. The fourth-order valence-corrected chi connectivity index (χ4v) is 4.05. The maximum Gasteiger partial charge on any atom is 0.190 e. The first-order valence-corrected chi connectivity index (χ1v) is 10.6. The van der Waals surface area contributed by atoms with Crippen molar-refractivity contribution >= 4 is 17.0 Å². The van der Waals surface area contributed by atoms with Crippen molar-refractivity contribution in [1.82, 2.24) is 4.57 Å². The highest BCUT2D eigenvalue weighted by molar-refractivity contribution is 7.07. The van der Waals surface area contributed by atoms with Crippen LogP contribution in [0.1, 0.15) is 32.6 Å². The number of ether oxygens (including phenoxy) is 2. The van der Waals surface area contributed by atoms with Crippen LogP contribution in [-0.4, -0.2) is 18.8 Å². The maximum absolute atomic E-state index is 5.30. The Morgan fingerprint density at radius 1 is 0.857 bits per heavy atom. The van der Waals surface area contributed by atoms with Crippen molar-refractivity contribution in [3.8, 4) is 22.8 Å². The van der Waals surface area contributed by atoms with E-state index in [2.05, 4.69) is 29.0 Å². The van der Waals surface area contributed by atoms with Crippen molar-refractivity contribution in [3.63, 3.8) is 0 Å². The third-order valence-corrected chi connectivity index (χ3v) is 5.58. The molecule has 0 amide bonds. The number of rotatable bonds is 9. The van der Waals surface area contributed by atoms with Gasteiger partial charge in [0.1, 0.15) is 11.5 Å². The molecule has 0 fully saturated rings. The van der Waals surface area contributed by atoms with E-state index in [0.29, 0.717) is 0 Å². The molecule has 1 aromatic heterocycles. The summed E-state index contributed by atoms with van der Waals surface area (Å²) >= 11 is 1.68. The van der Waals surface area contributed by atoms with E-state index in [-0.39, 0.29) is 0 Å². The zero-order valence-corrected chi connectivity index (χ0v) is 17.7. The lowest BCUT2D eigenvalue weighted by atomic mass is 10.1. The molecule has 0 aliphatic heterocycles. The molecule has 2 aromatic carbocycles. The van der Waals surface area contributed by atoms with Crippen LogP contribution in [0.25, 0.3) is 11.3 Å². The Morgan fingerprint density at radius 2 is 1.50 bits per heavy atom. The lowest BCUT2D eigenvalue weighted by Crippen LogP contribution is -2.16. The highest BCUT2D eigenvalue weighted by Gasteiger charge is 2.09. The molecule has 0 saturated heterocycles. The molecule has 0 aliphatic carbocycles. The average molecular weight is 397 g/mol. The Hall–Kier alpha value is -2.53. The maximum atomic E-state index is 5.30. The topological polar surface area (TPSA) is 35.8 Å². The zero-order valence-electron chi connectivity index (χ0n) is 16.9. The fraction of sp³-hybridized carbons (Fsp3) is 0.348. The van der Waals surface area contributed by atoms with E-state index in [0.717, 1.165) is 35.0 Å². The van der Waals surface area contributed by atoms with Crippen LogP contribution >= 0.6 is 11.3 Å². The number of benzene rings is 2. The summed E-state index contributed by atoms with van der Waals surface area (Å²) < 4.78 is 12.9. The molecule has 3 rings (SSSR count). The predicted octanol–water partition coefficient (Wildman–Crippen LogP) is 6.05. The van der Waals surface area contributed by atoms with Crippen LogP contribution in [0.3, 0.4) is 0 Å². The summed E-state index contributed by atoms with van der Waals surface area (Å²) in [6, 6.07) is 16.1. The second-order valence-electron chi connectivity index (χ2n) is 6.65. The Morgan fingerprint density at radius 3 is 2.11 bits per heavy atom. The van der Waals surface area contributed by atoms with Gasteiger partial charge in [0.15, 0.2) is 4.80 Å². The van der Waals surface area contributed by atoms with Crippen LogP contribution in [0.5, 0.6) is 11.5 Å². The van der Waals surface area contributed by atoms with Crippen molar-refractivity contribution in [1.29, 1.82) is 0 Å². The number of aromatic nitrogens is 1. The van der Waals surface area contributed by atoms with Gasteiger partial charge < -0.3 is 14.0 Å². The summed E-state index contributed by atoms with van der Waals surface area (Å²) in [5, 5.41) is 2.20. The first-order valence-electron chi connectivity index (χ1n) is 9.76. The summed E-state index contributed by atoms with van der Waals surface area (Å²) in [4.78, 5) is 5.92. The summed E-state index contributed by atoms with van der Waals surface area (Å²) in [6.07, 6.45) is 4.91. The lowest BCUT2D eigenvalue weighted by molar-refractivity contribution is 0.414. The van der Waals surface area contributed by atoms with Crippen LogP contribution in [0.4, 0.5) is 5.69 Å². The molecule has 0 atom stereocenters. The van der Waals surface area contributed by atoms with Gasteiger partial charge in [-0.3, -0.25) is 0 Å². The summed E-state index contributed by atoms with van der Waals surface area (Å²) in [6.45, 7) is 3.21. The Bertz CT molecular complexity index is 924. The van der Waals surface area contributed by atoms with E-state index in [1.807, 2.05) is 36.4 Å². The minimum atomic E-state index is 0.844. The van der Waals surface area contributed by atoms with Crippen molar-refractivity contribution in [2.24, 2.45) is 4.99 Å². The van der Waals surface area contributed by atoms with Gasteiger partial charge in [-0.25, -0.2) is 4.99 Å². The number of nitrogens with zero attached hydrogens (tertiary/aromatic N) is 2. The lowest BCUT2D eigenvalue weighted by Gasteiger charge is -2.10. The second-order valence-corrected chi connectivity index (χ2v) is 7.49. The highest BCUT2D eigenvalue weighted by atomic mass is 32.1. The third kappa shape index (κ3) is 5.04. The van der Waals surface area contributed by atoms with Gasteiger partial charge in [0.25, 0.3) is 0 Å². The Labute approximate surface area is 171 Å². The predicted molar refractivity (Wildman–Crippen MR) is 117 cm³/mol. The molecule has 0 radical (unpaired) electrons. The first-order chi connectivity index (χ1) is 13.7. The first kappa shape index (κ1) is 20.2. The van der Waals surface area contributed by atoms with Gasteiger partial charge in [0, 0.05) is 11.9 Å². The van der Waals surface area contributed by atoms with Crippen molar-refractivity contribution in [2.45, 2.75) is 39.2 Å². The van der Waals surface area contributed by atoms with Gasteiger partial charge in [-0.2, -0.15) is 0 Å². The van der Waals surface area contributed by atoms with E-state index in [4.69, 9.17) is 14.5 Å². The molecular weight excluding hydrogens is 368 g/mol. The van der Waals surface area contributed by atoms with E-state index < -0.39 is 0 Å². The van der Waals surface area contributed by atoms with Crippen LogP contribution in [0.2, 0.25) is 0 Å². The van der Waals surface area contributed by atoms with Gasteiger partial charge >= 0.3 is 0 Å². The standard InChI is InChI=1S/C23H28N2O2S/c1-4-5-6-7-16-25-22(18-8-12-20(26-2)13-9-18)17-28-23(25)24-19-10-14-21(27-3)15-11-19/h8-15,17H,4-7,16H2,1-3H3. The van der Waals surface area contributed by atoms with Gasteiger partial charge in [-0.1, -0.05) is 26.2 Å². The van der Waals surface area contributed by atoms with E-state index in [1.165, 1.54) is 30.5 Å². The third-order valence-electron chi connectivity index (χ3n) is 4.72. The van der Waals surface area contributed by atoms with Gasteiger partial charge in [-0.05, 0) is 60.5 Å². The van der Waals surface area contributed by atoms with E-state index in [9.17, 15) is 0 Å². The Kier molecular flexibility index (Phi) is 7.31. The van der Waals surface area contributed by atoms with Crippen molar-refractivity contribution in [3.05, 3.63) is 58.7 Å². The largest absolute Gasteiger partial charge is 0.497 e. The molecule has 1 heterocycles. The molecule has 5 heteroatoms. The van der Waals surface area contributed by atoms with Gasteiger partial charge in [0.2, 0.25) is 0 Å². The van der Waals surface area contributed by atoms with Gasteiger partial charge in [-0.15, -0.1) is 11.3 Å². The van der Waals surface area contributed by atoms with Crippen LogP contribution in [-0.2, 0) is 6.54 Å². The molecular formula is C23H28N2O2S. The minimum Gasteiger partial charge on any atom is -0.497 e. The smallest absolute Gasteiger partial charge is 0.190 e. The number of methoxy groups -OCH3 is 2. The summed E-state index contributed by atoms with van der Waals surface area (Å²) in [5.41, 5.74) is 3.33. The van der Waals surface area contributed by atoms with Crippen molar-refractivity contribution < 1.29 is 9.47 Å². The second kappa shape index (κ2) is 10.1. The molecule has 0 aliphatic rings. The highest BCUT2D eigenvalue weighted by Crippen LogP contribution is 2.24. The van der Waals surface area contributed by atoms with Gasteiger partial charge in [0.05, 0.1) is 25.6 Å². The van der Waals surface area contributed by atoms with E-state index in [1.54, 1.807) is 25.6 Å². The number of thiazole rings is 1. The zero-order chi connectivity index (χ0) is 19.8. The molecule has 148 valence electrons. The molecule has 0 N–H and O–H groups in total. The summed E-state index contributed by atoms with van der Waals surface area (Å²) in [5.74, 6) is 1.72. The van der Waals surface area contributed by atoms with E-state index >= 15 is 0 Å². The molecule has 4 nitrogen and oxygen atoms in total. The normalized spacial score (nSPS) is 11.6. The quantitative estimate of drug-likeness (QED) is 0.413. The molecule has 0 bridgehead atoms. The molecule has 28 heavy (non-hydrogen) atoms. The molecule has 3 aromatic rings. The average Bonchev–Trinajstić information content (AvgIpc) is 3.14. The summed E-state index contributed by atoms with van der Waals surface area (Å²) in [7, 11) is 3.37. The number of hydrogen-bond donors (Lipinski definition) is 0. The minimum absolute atomic E-state index is 0.844. The number of unbranched alkanes of at least 4 members (excludes halogenated alkanes) is 3. The van der Waals surface area contributed by atoms with Crippen LogP contribution in [0.15, 0.2) is 58.9 Å². The molecule has 0 spiro atoms. The van der Waals surface area contributed by atoms with Crippen LogP contribution in [0, 0.1) is 0 Å². The fourth-order valence-electron chi connectivity index (χ4n) is 3.09. The SMILES string of the molecule is CCCCCCn1c(-c2ccc(OC)cc2)csc1=Nc1ccc(OC)cc1.